The maximum Gasteiger partial charge on any atom is 0.258 e. The molecule has 0 atom stereocenters. The van der Waals surface area contributed by atoms with Crippen molar-refractivity contribution in [1.29, 1.82) is 0 Å². The van der Waals surface area contributed by atoms with Crippen LogP contribution in [-0.4, -0.2) is 34.6 Å². The van der Waals surface area contributed by atoms with E-state index in [1.54, 1.807) is 36.4 Å². The van der Waals surface area contributed by atoms with Crippen LogP contribution >= 0.6 is 0 Å². The number of sulfonamides is 1. The van der Waals surface area contributed by atoms with E-state index in [0.29, 0.717) is 23.7 Å². The first-order chi connectivity index (χ1) is 13.4. The molecule has 0 saturated carbocycles. The van der Waals surface area contributed by atoms with Crippen LogP contribution in [0.4, 0.5) is 0 Å². The van der Waals surface area contributed by atoms with Gasteiger partial charge >= 0.3 is 0 Å². The molecule has 0 aliphatic heterocycles. The van der Waals surface area contributed by atoms with E-state index < -0.39 is 10.0 Å². The number of rotatable bonds is 11. The summed E-state index contributed by atoms with van der Waals surface area (Å²) in [7, 11) is -2.02. The van der Waals surface area contributed by atoms with Crippen molar-refractivity contribution in [2.75, 3.05) is 20.3 Å². The van der Waals surface area contributed by atoms with Crippen molar-refractivity contribution in [1.82, 2.24) is 10.0 Å². The summed E-state index contributed by atoms with van der Waals surface area (Å²) in [5.74, 6) is 0.650. The Balaban J connectivity index is 1.92. The minimum Gasteiger partial charge on any atom is -0.490 e. The second-order valence-electron chi connectivity index (χ2n) is 6.09. The van der Waals surface area contributed by atoms with Crippen LogP contribution in [0.15, 0.2) is 48.5 Å². The molecule has 0 aromatic heterocycles. The zero-order chi connectivity index (χ0) is 20.4. The van der Waals surface area contributed by atoms with Crippen molar-refractivity contribution < 1.29 is 22.7 Å². The average Bonchev–Trinajstić information content (AvgIpc) is 2.70. The Morgan fingerprint density at radius 2 is 1.57 bits per heavy atom. The summed E-state index contributed by atoms with van der Waals surface area (Å²) in [6.45, 7) is 2.63. The highest BCUT2D eigenvalue weighted by Crippen LogP contribution is 2.26. The summed E-state index contributed by atoms with van der Waals surface area (Å²) < 4.78 is 37.1. The van der Waals surface area contributed by atoms with E-state index in [-0.39, 0.29) is 24.8 Å². The molecular weight excluding hydrogens is 380 g/mol. The van der Waals surface area contributed by atoms with Gasteiger partial charge in [-0.3, -0.25) is 4.79 Å². The normalized spacial score (nSPS) is 11.1. The highest BCUT2D eigenvalue weighted by molar-refractivity contribution is 7.88. The first-order valence-corrected chi connectivity index (χ1v) is 10.7. The molecule has 0 saturated heterocycles. The zero-order valence-electron chi connectivity index (χ0n) is 16.1. The number of para-hydroxylation sites is 2. The quantitative estimate of drug-likeness (QED) is 0.597. The van der Waals surface area contributed by atoms with Crippen LogP contribution < -0.4 is 19.5 Å². The van der Waals surface area contributed by atoms with E-state index >= 15 is 0 Å². The zero-order valence-corrected chi connectivity index (χ0v) is 16.9. The molecule has 1 amide bonds. The Kier molecular flexibility index (Phi) is 8.28. The molecule has 0 aliphatic rings. The Morgan fingerprint density at radius 1 is 0.964 bits per heavy atom. The van der Waals surface area contributed by atoms with Gasteiger partial charge in [0, 0.05) is 6.54 Å². The monoisotopic (exact) mass is 406 g/mol. The highest BCUT2D eigenvalue weighted by atomic mass is 32.2. The predicted octanol–water partition coefficient (Wildman–Crippen LogP) is 2.22. The van der Waals surface area contributed by atoms with Crippen molar-refractivity contribution in [3.63, 3.8) is 0 Å². The van der Waals surface area contributed by atoms with Gasteiger partial charge in [0.2, 0.25) is 10.0 Å². The molecular formula is C20H26N2O5S. The molecule has 2 aromatic carbocycles. The summed E-state index contributed by atoms with van der Waals surface area (Å²) in [5, 5.41) is 2.76. The standard InChI is InChI=1S/C20H26N2O5S/c1-3-12-26-18-10-6-7-11-19(18)27-14-20(23)22-13-16-8-4-5-9-17(16)15-28(24,25)21-2/h4-11,21H,3,12-15H2,1-2H3,(H,22,23). The Morgan fingerprint density at radius 3 is 2.21 bits per heavy atom. The smallest absolute Gasteiger partial charge is 0.258 e. The SMILES string of the molecule is CCCOc1ccccc1OCC(=O)NCc1ccccc1CS(=O)(=O)NC. The van der Waals surface area contributed by atoms with E-state index in [9.17, 15) is 13.2 Å². The van der Waals surface area contributed by atoms with Crippen LogP contribution in [0.25, 0.3) is 0 Å². The topological polar surface area (TPSA) is 93.7 Å². The molecule has 2 aromatic rings. The first-order valence-electron chi connectivity index (χ1n) is 9.04. The number of hydrogen-bond donors (Lipinski definition) is 2. The van der Waals surface area contributed by atoms with Crippen molar-refractivity contribution in [2.24, 2.45) is 0 Å². The van der Waals surface area contributed by atoms with Crippen LogP contribution in [0.3, 0.4) is 0 Å². The molecule has 0 heterocycles. The van der Waals surface area contributed by atoms with Gasteiger partial charge in [0.15, 0.2) is 18.1 Å². The Hall–Kier alpha value is -2.58. The van der Waals surface area contributed by atoms with Crippen molar-refractivity contribution in [3.05, 3.63) is 59.7 Å². The third kappa shape index (κ3) is 6.86. The molecule has 2 rings (SSSR count). The average molecular weight is 407 g/mol. The Bertz CT molecular complexity index is 884. The van der Waals surface area contributed by atoms with E-state index in [1.807, 2.05) is 19.1 Å². The number of amides is 1. The van der Waals surface area contributed by atoms with Gasteiger partial charge in [-0.05, 0) is 36.7 Å². The van der Waals surface area contributed by atoms with E-state index in [0.717, 1.165) is 12.0 Å². The maximum absolute atomic E-state index is 12.2. The molecule has 8 heteroatoms. The van der Waals surface area contributed by atoms with E-state index in [1.165, 1.54) is 7.05 Å². The van der Waals surface area contributed by atoms with E-state index in [2.05, 4.69) is 10.0 Å². The van der Waals surface area contributed by atoms with Gasteiger partial charge in [-0.15, -0.1) is 0 Å². The molecule has 28 heavy (non-hydrogen) atoms. The van der Waals surface area contributed by atoms with E-state index in [4.69, 9.17) is 9.47 Å². The summed E-state index contributed by atoms with van der Waals surface area (Å²) in [5.41, 5.74) is 1.37. The summed E-state index contributed by atoms with van der Waals surface area (Å²) in [4.78, 5) is 12.2. The lowest BCUT2D eigenvalue weighted by Crippen LogP contribution is -2.29. The van der Waals surface area contributed by atoms with Crippen LogP contribution in [0.1, 0.15) is 24.5 Å². The van der Waals surface area contributed by atoms with Gasteiger partial charge in [0.1, 0.15) is 0 Å². The van der Waals surface area contributed by atoms with Gasteiger partial charge in [0.25, 0.3) is 5.91 Å². The second kappa shape index (κ2) is 10.7. The molecule has 152 valence electrons. The lowest BCUT2D eigenvalue weighted by Gasteiger charge is -2.13. The number of carbonyl (C=O) groups excluding carboxylic acids is 1. The first kappa shape index (κ1) is 21.7. The summed E-state index contributed by atoms with van der Waals surface area (Å²) >= 11 is 0. The molecule has 0 aliphatic carbocycles. The van der Waals surface area contributed by atoms with Crippen LogP contribution in [0.2, 0.25) is 0 Å². The fourth-order valence-electron chi connectivity index (χ4n) is 2.44. The van der Waals surface area contributed by atoms with Gasteiger partial charge in [-0.25, -0.2) is 13.1 Å². The van der Waals surface area contributed by atoms with Crippen LogP contribution in [0, 0.1) is 0 Å². The minimum atomic E-state index is -3.39. The summed E-state index contributed by atoms with van der Waals surface area (Å²) in [6.07, 6.45) is 0.873. The molecule has 0 fully saturated rings. The summed E-state index contributed by atoms with van der Waals surface area (Å²) in [6, 6.07) is 14.3. The minimum absolute atomic E-state index is 0.145. The lowest BCUT2D eigenvalue weighted by molar-refractivity contribution is -0.123. The lowest BCUT2D eigenvalue weighted by atomic mass is 10.1. The van der Waals surface area contributed by atoms with Crippen LogP contribution in [0.5, 0.6) is 11.5 Å². The van der Waals surface area contributed by atoms with Crippen molar-refractivity contribution in [3.8, 4) is 11.5 Å². The van der Waals surface area contributed by atoms with Gasteiger partial charge in [-0.2, -0.15) is 0 Å². The predicted molar refractivity (Wildman–Crippen MR) is 108 cm³/mol. The molecule has 0 bridgehead atoms. The Labute approximate surface area is 166 Å². The molecule has 2 N–H and O–H groups in total. The number of nitrogens with one attached hydrogen (secondary N) is 2. The third-order valence-corrected chi connectivity index (χ3v) is 5.23. The second-order valence-corrected chi connectivity index (χ2v) is 8.02. The van der Waals surface area contributed by atoms with Gasteiger partial charge < -0.3 is 14.8 Å². The number of carbonyl (C=O) groups is 1. The largest absolute Gasteiger partial charge is 0.490 e. The molecule has 0 spiro atoms. The third-order valence-electron chi connectivity index (χ3n) is 3.92. The molecule has 7 nitrogen and oxygen atoms in total. The van der Waals surface area contributed by atoms with Gasteiger partial charge in [0.05, 0.1) is 12.4 Å². The fraction of sp³-hybridized carbons (Fsp3) is 0.350. The van der Waals surface area contributed by atoms with Crippen molar-refractivity contribution in [2.45, 2.75) is 25.6 Å². The number of ether oxygens (including phenoxy) is 2. The van der Waals surface area contributed by atoms with Crippen LogP contribution in [-0.2, 0) is 27.1 Å². The number of benzene rings is 2. The molecule has 0 unspecified atom stereocenters. The van der Waals surface area contributed by atoms with Crippen molar-refractivity contribution >= 4 is 15.9 Å². The number of hydrogen-bond acceptors (Lipinski definition) is 5. The van der Waals surface area contributed by atoms with Gasteiger partial charge in [-0.1, -0.05) is 43.3 Å². The maximum atomic E-state index is 12.2. The fourth-order valence-corrected chi connectivity index (χ4v) is 3.27. The highest BCUT2D eigenvalue weighted by Gasteiger charge is 2.13. The molecule has 0 radical (unpaired) electrons.